The zero-order chi connectivity index (χ0) is 13.1. The molecule has 2 atom stereocenters. The molecule has 1 aliphatic carbocycles. The van der Waals surface area contributed by atoms with Gasteiger partial charge in [-0.15, -0.1) is 0 Å². The van der Waals surface area contributed by atoms with Gasteiger partial charge in [-0.1, -0.05) is 13.3 Å². The highest BCUT2D eigenvalue weighted by atomic mass is 16.1. The molecule has 1 aliphatic rings. The molecule has 1 fully saturated rings. The van der Waals surface area contributed by atoms with Crippen LogP contribution in [0.5, 0.6) is 0 Å². The van der Waals surface area contributed by atoms with Gasteiger partial charge in [0.1, 0.15) is 0 Å². The molecule has 3 heteroatoms. The number of rotatable bonds is 3. The summed E-state index contributed by atoms with van der Waals surface area (Å²) >= 11 is 0. The Bertz CT molecular complexity index is 442. The quantitative estimate of drug-likeness (QED) is 0.856. The van der Waals surface area contributed by atoms with E-state index >= 15 is 0 Å². The van der Waals surface area contributed by atoms with Crippen LogP contribution in [0.2, 0.25) is 0 Å². The lowest BCUT2D eigenvalue weighted by atomic mass is 10.1. The largest absolute Gasteiger partial charge is 0.382 e. The maximum atomic E-state index is 11.0. The van der Waals surface area contributed by atoms with Crippen LogP contribution in [0.3, 0.4) is 0 Å². The van der Waals surface area contributed by atoms with Gasteiger partial charge in [-0.2, -0.15) is 0 Å². The highest BCUT2D eigenvalue weighted by Gasteiger charge is 2.22. The number of carbonyl (C=O) groups is 1. The van der Waals surface area contributed by atoms with Gasteiger partial charge in [0.15, 0.2) is 0 Å². The lowest BCUT2D eigenvalue weighted by Crippen LogP contribution is -2.21. The van der Waals surface area contributed by atoms with Crippen LogP contribution in [-0.4, -0.2) is 11.9 Å². The molecule has 2 N–H and O–H groups in total. The summed E-state index contributed by atoms with van der Waals surface area (Å²) in [4.78, 5) is 11.0. The van der Waals surface area contributed by atoms with Crippen LogP contribution in [0.15, 0.2) is 18.2 Å². The molecule has 2 unspecified atom stereocenters. The van der Waals surface area contributed by atoms with Crippen molar-refractivity contribution in [2.24, 2.45) is 5.92 Å². The third kappa shape index (κ3) is 3.03. The third-order valence-corrected chi connectivity index (χ3v) is 3.75. The molecular formula is C15H22N2O. The van der Waals surface area contributed by atoms with Crippen LogP contribution < -0.4 is 10.6 Å². The summed E-state index contributed by atoms with van der Waals surface area (Å²) in [6.07, 6.45) is 3.90. The van der Waals surface area contributed by atoms with Crippen LogP contribution in [0.4, 0.5) is 11.4 Å². The summed E-state index contributed by atoms with van der Waals surface area (Å²) in [5.41, 5.74) is 3.15. The van der Waals surface area contributed by atoms with Crippen molar-refractivity contribution in [3.8, 4) is 0 Å². The Morgan fingerprint density at radius 2 is 2.11 bits per heavy atom. The van der Waals surface area contributed by atoms with E-state index in [1.807, 2.05) is 19.1 Å². The molecule has 18 heavy (non-hydrogen) atoms. The molecule has 0 saturated heterocycles. The van der Waals surface area contributed by atoms with E-state index in [1.165, 1.54) is 26.2 Å². The molecule has 1 amide bonds. The monoisotopic (exact) mass is 246 g/mol. The molecule has 3 nitrogen and oxygen atoms in total. The van der Waals surface area contributed by atoms with Crippen LogP contribution in [0.1, 0.15) is 38.7 Å². The van der Waals surface area contributed by atoms with Gasteiger partial charge in [-0.05, 0) is 49.4 Å². The van der Waals surface area contributed by atoms with E-state index < -0.39 is 0 Å². The molecule has 0 bridgehead atoms. The zero-order valence-electron chi connectivity index (χ0n) is 11.4. The summed E-state index contributed by atoms with van der Waals surface area (Å²) in [5, 5.41) is 6.44. The molecule has 0 radical (unpaired) electrons. The number of anilines is 2. The zero-order valence-corrected chi connectivity index (χ0v) is 11.4. The fourth-order valence-electron chi connectivity index (χ4n) is 2.66. The number of carbonyl (C=O) groups excluding carboxylic acids is 1. The molecule has 1 aromatic rings. The highest BCUT2D eigenvalue weighted by Crippen LogP contribution is 2.29. The van der Waals surface area contributed by atoms with Crippen molar-refractivity contribution in [2.75, 3.05) is 10.6 Å². The first-order valence-corrected chi connectivity index (χ1v) is 6.71. The van der Waals surface area contributed by atoms with Gasteiger partial charge in [-0.25, -0.2) is 0 Å². The maximum Gasteiger partial charge on any atom is 0.221 e. The highest BCUT2D eigenvalue weighted by molar-refractivity contribution is 5.89. The Kier molecular flexibility index (Phi) is 3.90. The van der Waals surface area contributed by atoms with Crippen molar-refractivity contribution < 1.29 is 4.79 Å². The second-order valence-corrected chi connectivity index (χ2v) is 5.37. The Balaban J connectivity index is 2.06. The van der Waals surface area contributed by atoms with E-state index in [0.717, 1.165) is 22.9 Å². The Hall–Kier alpha value is -1.51. The van der Waals surface area contributed by atoms with Gasteiger partial charge in [-0.3, -0.25) is 4.79 Å². The average Bonchev–Trinajstić information content (AvgIpc) is 2.68. The lowest BCUT2D eigenvalue weighted by molar-refractivity contribution is -0.114. The van der Waals surface area contributed by atoms with E-state index in [1.54, 1.807) is 0 Å². The van der Waals surface area contributed by atoms with Gasteiger partial charge >= 0.3 is 0 Å². The molecule has 1 saturated carbocycles. The predicted molar refractivity (Wildman–Crippen MR) is 75.9 cm³/mol. The fourth-order valence-corrected chi connectivity index (χ4v) is 2.66. The summed E-state index contributed by atoms with van der Waals surface area (Å²) in [7, 11) is 0. The number of nitrogens with one attached hydrogen (secondary N) is 2. The van der Waals surface area contributed by atoms with E-state index in [4.69, 9.17) is 0 Å². The van der Waals surface area contributed by atoms with Gasteiger partial charge in [0.25, 0.3) is 0 Å². The normalized spacial score (nSPS) is 22.8. The third-order valence-electron chi connectivity index (χ3n) is 3.75. The van der Waals surface area contributed by atoms with Gasteiger partial charge in [0.2, 0.25) is 5.91 Å². The van der Waals surface area contributed by atoms with Crippen molar-refractivity contribution in [3.63, 3.8) is 0 Å². The molecule has 1 aromatic carbocycles. The van der Waals surface area contributed by atoms with Crippen molar-refractivity contribution >= 4 is 17.3 Å². The summed E-state index contributed by atoms with van der Waals surface area (Å²) in [6.45, 7) is 5.86. The van der Waals surface area contributed by atoms with Gasteiger partial charge < -0.3 is 10.6 Å². The van der Waals surface area contributed by atoms with E-state index in [2.05, 4.69) is 23.6 Å². The lowest BCUT2D eigenvalue weighted by Gasteiger charge is -2.19. The molecule has 0 aromatic heterocycles. The molecule has 98 valence electrons. The number of aryl methyl sites for hydroxylation is 1. The molecule has 2 rings (SSSR count). The van der Waals surface area contributed by atoms with E-state index in [0.29, 0.717) is 6.04 Å². The Labute approximate surface area is 109 Å². The van der Waals surface area contributed by atoms with Crippen LogP contribution in [0.25, 0.3) is 0 Å². The second-order valence-electron chi connectivity index (χ2n) is 5.37. The minimum absolute atomic E-state index is 0.0248. The molecular weight excluding hydrogens is 224 g/mol. The molecule has 0 heterocycles. The number of hydrogen-bond acceptors (Lipinski definition) is 2. The fraction of sp³-hybridized carbons (Fsp3) is 0.533. The average molecular weight is 246 g/mol. The van der Waals surface area contributed by atoms with E-state index in [-0.39, 0.29) is 5.91 Å². The minimum Gasteiger partial charge on any atom is -0.382 e. The molecule has 0 aliphatic heterocycles. The summed E-state index contributed by atoms with van der Waals surface area (Å²) < 4.78 is 0. The maximum absolute atomic E-state index is 11.0. The number of hydrogen-bond donors (Lipinski definition) is 2. The smallest absolute Gasteiger partial charge is 0.221 e. The Morgan fingerprint density at radius 1 is 1.33 bits per heavy atom. The number of benzene rings is 1. The SMILES string of the molecule is CC(=O)Nc1ccc(NC2CCCC2C)cc1C. The molecule has 0 spiro atoms. The van der Waals surface area contributed by atoms with Crippen molar-refractivity contribution in [3.05, 3.63) is 23.8 Å². The van der Waals surface area contributed by atoms with Crippen LogP contribution >= 0.6 is 0 Å². The first-order chi connectivity index (χ1) is 8.56. The van der Waals surface area contributed by atoms with Crippen LogP contribution in [-0.2, 0) is 4.79 Å². The predicted octanol–water partition coefficient (Wildman–Crippen LogP) is 3.55. The van der Waals surface area contributed by atoms with Gasteiger partial charge in [0, 0.05) is 24.3 Å². The van der Waals surface area contributed by atoms with Crippen LogP contribution in [0, 0.1) is 12.8 Å². The first kappa shape index (κ1) is 12.9. The minimum atomic E-state index is -0.0248. The van der Waals surface area contributed by atoms with Gasteiger partial charge in [0.05, 0.1) is 0 Å². The summed E-state index contributed by atoms with van der Waals surface area (Å²) in [6, 6.07) is 6.72. The summed E-state index contributed by atoms with van der Waals surface area (Å²) in [5.74, 6) is 0.726. The van der Waals surface area contributed by atoms with Crippen molar-refractivity contribution in [2.45, 2.75) is 46.1 Å². The van der Waals surface area contributed by atoms with E-state index in [9.17, 15) is 4.79 Å². The first-order valence-electron chi connectivity index (χ1n) is 6.71. The van der Waals surface area contributed by atoms with Crippen molar-refractivity contribution in [1.82, 2.24) is 0 Å². The second kappa shape index (κ2) is 5.42. The standard InChI is InChI=1S/C15H22N2O/c1-10-5-4-6-14(10)17-13-7-8-15(11(2)9-13)16-12(3)18/h7-10,14,17H,4-6H2,1-3H3,(H,16,18). The Morgan fingerprint density at radius 3 is 2.67 bits per heavy atom. The number of amides is 1. The topological polar surface area (TPSA) is 41.1 Å². The van der Waals surface area contributed by atoms with Crippen molar-refractivity contribution in [1.29, 1.82) is 0 Å².